The second-order valence-corrected chi connectivity index (χ2v) is 4.73. The molecule has 5 heteroatoms. The molecule has 0 atom stereocenters. The Balaban J connectivity index is 1.96. The Kier molecular flexibility index (Phi) is 3.93. The van der Waals surface area contributed by atoms with Gasteiger partial charge in [-0.2, -0.15) is 0 Å². The number of rotatable bonds is 5. The topological polar surface area (TPSA) is 49.8 Å². The number of nitrogens with one attached hydrogen (secondary N) is 2. The van der Waals surface area contributed by atoms with Crippen LogP contribution in [0, 0.1) is 6.92 Å². The van der Waals surface area contributed by atoms with Crippen molar-refractivity contribution in [3.8, 4) is 0 Å². The van der Waals surface area contributed by atoms with Crippen molar-refractivity contribution in [1.29, 1.82) is 0 Å². The summed E-state index contributed by atoms with van der Waals surface area (Å²) in [6.45, 7) is 5.70. The van der Waals surface area contributed by atoms with Crippen molar-refractivity contribution in [1.82, 2.24) is 9.97 Å². The van der Waals surface area contributed by atoms with Crippen molar-refractivity contribution >= 4 is 22.8 Å². The fraction of sp³-hybridized carbons (Fsp3) is 0.333. The molecule has 0 saturated carbocycles. The smallest absolute Gasteiger partial charge is 0.127 e. The van der Waals surface area contributed by atoms with Crippen LogP contribution in [0.25, 0.3) is 0 Å². The van der Waals surface area contributed by atoms with E-state index in [0.29, 0.717) is 0 Å². The Morgan fingerprint density at radius 3 is 2.94 bits per heavy atom. The van der Waals surface area contributed by atoms with Gasteiger partial charge in [0.25, 0.3) is 0 Å². The van der Waals surface area contributed by atoms with Crippen LogP contribution in [-0.2, 0) is 6.54 Å². The quantitative estimate of drug-likeness (QED) is 0.854. The van der Waals surface area contributed by atoms with Crippen LogP contribution < -0.4 is 10.6 Å². The molecule has 0 radical (unpaired) electrons. The Morgan fingerprint density at radius 1 is 1.35 bits per heavy atom. The zero-order valence-corrected chi connectivity index (χ0v) is 10.8. The van der Waals surface area contributed by atoms with Gasteiger partial charge in [-0.05, 0) is 19.9 Å². The number of anilines is 2. The third-order valence-electron chi connectivity index (χ3n) is 2.26. The average molecular weight is 248 g/mol. The van der Waals surface area contributed by atoms with Gasteiger partial charge in [-0.3, -0.25) is 0 Å². The first-order valence-electron chi connectivity index (χ1n) is 5.62. The van der Waals surface area contributed by atoms with E-state index in [1.165, 1.54) is 0 Å². The highest BCUT2D eigenvalue weighted by molar-refractivity contribution is 7.09. The van der Waals surface area contributed by atoms with Gasteiger partial charge in [-0.1, -0.05) is 0 Å². The van der Waals surface area contributed by atoms with Gasteiger partial charge >= 0.3 is 0 Å². The van der Waals surface area contributed by atoms with Crippen LogP contribution in [0.2, 0.25) is 0 Å². The molecule has 2 aromatic rings. The van der Waals surface area contributed by atoms with E-state index in [1.807, 2.05) is 19.1 Å². The third kappa shape index (κ3) is 3.42. The molecule has 0 bridgehead atoms. The third-order valence-corrected chi connectivity index (χ3v) is 3.08. The molecule has 0 spiro atoms. The second-order valence-electron chi connectivity index (χ2n) is 3.67. The molecule has 0 aliphatic carbocycles. The summed E-state index contributed by atoms with van der Waals surface area (Å²) in [5.74, 6) is 0.895. The molecular weight excluding hydrogens is 232 g/mol. The number of hydrogen-bond acceptors (Lipinski definition) is 5. The van der Waals surface area contributed by atoms with Gasteiger partial charge < -0.3 is 10.6 Å². The van der Waals surface area contributed by atoms with E-state index in [1.54, 1.807) is 17.5 Å². The zero-order chi connectivity index (χ0) is 12.1. The molecule has 0 aliphatic heterocycles. The molecule has 0 aliphatic rings. The summed E-state index contributed by atoms with van der Waals surface area (Å²) in [7, 11) is 0. The van der Waals surface area contributed by atoms with Crippen molar-refractivity contribution in [2.75, 3.05) is 17.2 Å². The predicted octanol–water partition coefficient (Wildman–Crippen LogP) is 2.89. The summed E-state index contributed by atoms with van der Waals surface area (Å²) < 4.78 is 0. The standard InChI is InChI=1S/C12H16N4S/c1-3-13-12-6-10(4-5-14-12)15-7-11-8-17-9(2)16-11/h4-6,8H,3,7H2,1-2H3,(H2,13,14,15). The Labute approximate surface area is 105 Å². The van der Waals surface area contributed by atoms with Gasteiger partial charge in [0.2, 0.25) is 0 Å². The van der Waals surface area contributed by atoms with Gasteiger partial charge in [0.15, 0.2) is 0 Å². The lowest BCUT2D eigenvalue weighted by Crippen LogP contribution is -2.03. The Bertz CT molecular complexity index is 481. The first kappa shape index (κ1) is 11.9. The van der Waals surface area contributed by atoms with Crippen molar-refractivity contribution in [3.63, 3.8) is 0 Å². The van der Waals surface area contributed by atoms with Crippen LogP contribution in [0.5, 0.6) is 0 Å². The molecule has 0 amide bonds. The summed E-state index contributed by atoms with van der Waals surface area (Å²) in [4.78, 5) is 8.63. The van der Waals surface area contributed by atoms with E-state index in [0.717, 1.165) is 35.3 Å². The number of aryl methyl sites for hydroxylation is 1. The zero-order valence-electron chi connectivity index (χ0n) is 10.0. The highest BCUT2D eigenvalue weighted by Crippen LogP contribution is 2.14. The molecule has 4 nitrogen and oxygen atoms in total. The monoisotopic (exact) mass is 248 g/mol. The van der Waals surface area contributed by atoms with Crippen molar-refractivity contribution in [2.24, 2.45) is 0 Å². The highest BCUT2D eigenvalue weighted by Gasteiger charge is 1.99. The van der Waals surface area contributed by atoms with E-state index in [4.69, 9.17) is 0 Å². The molecule has 2 N–H and O–H groups in total. The Hall–Kier alpha value is -1.62. The minimum absolute atomic E-state index is 0.750. The number of hydrogen-bond donors (Lipinski definition) is 2. The fourth-order valence-electron chi connectivity index (χ4n) is 1.50. The van der Waals surface area contributed by atoms with E-state index in [2.05, 4.69) is 32.9 Å². The SMILES string of the molecule is CCNc1cc(NCc2csc(C)n2)ccn1. The molecule has 0 unspecified atom stereocenters. The van der Waals surface area contributed by atoms with E-state index in [-0.39, 0.29) is 0 Å². The van der Waals surface area contributed by atoms with Gasteiger partial charge in [0, 0.05) is 29.9 Å². The molecule has 2 aromatic heterocycles. The first-order chi connectivity index (χ1) is 8.28. The maximum absolute atomic E-state index is 4.41. The number of pyridine rings is 1. The summed E-state index contributed by atoms with van der Waals surface area (Å²) in [5, 5.41) is 9.70. The summed E-state index contributed by atoms with van der Waals surface area (Å²) in [6.07, 6.45) is 1.80. The molecule has 90 valence electrons. The lowest BCUT2D eigenvalue weighted by molar-refractivity contribution is 1.05. The van der Waals surface area contributed by atoms with Crippen LogP contribution in [0.1, 0.15) is 17.6 Å². The minimum atomic E-state index is 0.750. The van der Waals surface area contributed by atoms with Crippen molar-refractivity contribution in [3.05, 3.63) is 34.4 Å². The van der Waals surface area contributed by atoms with Crippen LogP contribution in [0.15, 0.2) is 23.7 Å². The van der Waals surface area contributed by atoms with Gasteiger partial charge in [0.1, 0.15) is 5.82 Å². The van der Waals surface area contributed by atoms with Crippen LogP contribution in [-0.4, -0.2) is 16.5 Å². The van der Waals surface area contributed by atoms with Crippen molar-refractivity contribution in [2.45, 2.75) is 20.4 Å². The maximum Gasteiger partial charge on any atom is 0.127 e. The summed E-state index contributed by atoms with van der Waals surface area (Å²) >= 11 is 1.68. The largest absolute Gasteiger partial charge is 0.379 e. The van der Waals surface area contributed by atoms with Crippen LogP contribution >= 0.6 is 11.3 Å². The highest BCUT2D eigenvalue weighted by atomic mass is 32.1. The minimum Gasteiger partial charge on any atom is -0.379 e. The van der Waals surface area contributed by atoms with Gasteiger partial charge in [-0.15, -0.1) is 11.3 Å². The summed E-state index contributed by atoms with van der Waals surface area (Å²) in [6, 6.07) is 3.96. The normalized spacial score (nSPS) is 10.2. The molecule has 0 fully saturated rings. The number of aromatic nitrogens is 2. The van der Waals surface area contributed by atoms with E-state index >= 15 is 0 Å². The predicted molar refractivity (Wildman–Crippen MR) is 72.6 cm³/mol. The first-order valence-corrected chi connectivity index (χ1v) is 6.50. The molecule has 2 heterocycles. The Morgan fingerprint density at radius 2 is 2.24 bits per heavy atom. The van der Waals surface area contributed by atoms with Crippen molar-refractivity contribution < 1.29 is 0 Å². The second kappa shape index (κ2) is 5.63. The average Bonchev–Trinajstić information content (AvgIpc) is 2.74. The molecule has 2 rings (SSSR count). The summed E-state index contributed by atoms with van der Waals surface area (Å²) in [5.41, 5.74) is 2.14. The van der Waals surface area contributed by atoms with E-state index in [9.17, 15) is 0 Å². The van der Waals surface area contributed by atoms with Gasteiger partial charge in [-0.25, -0.2) is 9.97 Å². The van der Waals surface area contributed by atoms with Gasteiger partial charge in [0.05, 0.1) is 17.2 Å². The molecular formula is C12H16N4S. The van der Waals surface area contributed by atoms with Crippen LogP contribution in [0.3, 0.4) is 0 Å². The lowest BCUT2D eigenvalue weighted by Gasteiger charge is -2.07. The van der Waals surface area contributed by atoms with E-state index < -0.39 is 0 Å². The fourth-order valence-corrected chi connectivity index (χ4v) is 2.11. The molecule has 0 saturated heterocycles. The van der Waals surface area contributed by atoms with Crippen LogP contribution in [0.4, 0.5) is 11.5 Å². The number of thiazole rings is 1. The lowest BCUT2D eigenvalue weighted by atomic mass is 10.3. The maximum atomic E-state index is 4.41. The molecule has 0 aromatic carbocycles. The number of nitrogens with zero attached hydrogens (tertiary/aromatic N) is 2. The molecule has 17 heavy (non-hydrogen) atoms.